The predicted octanol–water partition coefficient (Wildman–Crippen LogP) is 1.13. The van der Waals surface area contributed by atoms with Crippen molar-refractivity contribution in [1.82, 2.24) is 4.98 Å². The molecule has 0 bridgehead atoms. The topological polar surface area (TPSA) is 141 Å². The molecule has 8 nitrogen and oxygen atoms in total. The lowest BCUT2D eigenvalue weighted by Crippen LogP contribution is -2.60. The average Bonchev–Trinajstić information content (AvgIpc) is 3.18. The Morgan fingerprint density at radius 3 is 2.43 bits per heavy atom. The third kappa shape index (κ3) is 3.67. The van der Waals surface area contributed by atoms with Gasteiger partial charge in [0.15, 0.2) is 0 Å². The fourth-order valence-corrected chi connectivity index (χ4v) is 3.95. The number of aliphatic hydroxyl groups is 4. The Kier molecular flexibility index (Phi) is 5.99. The van der Waals surface area contributed by atoms with Crippen LogP contribution in [0.5, 0.6) is 5.75 Å². The molecule has 30 heavy (non-hydrogen) atoms. The van der Waals surface area contributed by atoms with Crippen molar-refractivity contribution in [1.29, 1.82) is 0 Å². The highest BCUT2D eigenvalue weighted by molar-refractivity contribution is 6.38. The van der Waals surface area contributed by atoms with Gasteiger partial charge in [0.1, 0.15) is 30.2 Å². The fraction of sp³-hybridized carbons (Fsp3) is 0.333. The Morgan fingerprint density at radius 2 is 1.77 bits per heavy atom. The van der Waals surface area contributed by atoms with Crippen LogP contribution in [0.25, 0.3) is 22.0 Å². The Hall–Kier alpha value is -2.17. The molecule has 9 heteroatoms. The highest BCUT2D eigenvalue weighted by Crippen LogP contribution is 2.40. The maximum atomic E-state index is 10.2. The molecule has 0 radical (unpaired) electrons. The number of aromatic nitrogens is 1. The van der Waals surface area contributed by atoms with Gasteiger partial charge >= 0.3 is 0 Å². The normalized spacial score (nSPS) is 26.8. The first-order chi connectivity index (χ1) is 14.4. The smallest absolute Gasteiger partial charge is 0.229 e. The van der Waals surface area contributed by atoms with Crippen molar-refractivity contribution in [2.45, 2.75) is 37.3 Å². The lowest BCUT2D eigenvalue weighted by molar-refractivity contribution is -0.277. The Bertz CT molecular complexity index is 1020. The number of rotatable bonds is 5. The summed E-state index contributed by atoms with van der Waals surface area (Å²) in [5.74, 6) is 0.305. The molecule has 7 N–H and O–H groups in total. The number of nitrogens with one attached hydrogen (secondary N) is 1. The number of aliphatic hydroxyl groups excluding tert-OH is 4. The summed E-state index contributed by atoms with van der Waals surface area (Å²) in [6.07, 6.45) is -5.30. The fourth-order valence-electron chi connectivity index (χ4n) is 3.58. The van der Waals surface area contributed by atoms with Gasteiger partial charge in [0, 0.05) is 18.3 Å². The molecule has 1 saturated heterocycles. The van der Waals surface area contributed by atoms with Gasteiger partial charge in [-0.25, -0.2) is 0 Å². The molecular formula is C21H23ClN2O6. The maximum absolute atomic E-state index is 10.2. The zero-order valence-corrected chi connectivity index (χ0v) is 16.7. The second-order valence-corrected chi connectivity index (χ2v) is 7.60. The molecule has 2 heterocycles. The van der Waals surface area contributed by atoms with E-state index >= 15 is 0 Å². The second kappa shape index (κ2) is 8.52. The van der Waals surface area contributed by atoms with Crippen LogP contribution in [-0.4, -0.2) is 62.7 Å². The van der Waals surface area contributed by atoms with Crippen molar-refractivity contribution >= 4 is 22.5 Å². The van der Waals surface area contributed by atoms with Gasteiger partial charge in [-0.05, 0) is 17.2 Å². The molecule has 1 aliphatic heterocycles. The number of halogens is 1. The zero-order chi connectivity index (χ0) is 21.4. The summed E-state index contributed by atoms with van der Waals surface area (Å²) in [4.78, 5) is 3.05. The largest absolute Gasteiger partial charge is 0.460 e. The van der Waals surface area contributed by atoms with Gasteiger partial charge in [-0.3, -0.25) is 0 Å². The van der Waals surface area contributed by atoms with Crippen molar-refractivity contribution < 1.29 is 29.9 Å². The van der Waals surface area contributed by atoms with Crippen LogP contribution < -0.4 is 10.5 Å². The Balaban J connectivity index is 1.68. The number of aromatic amines is 1. The summed E-state index contributed by atoms with van der Waals surface area (Å²) >= 11 is 6.70. The van der Waals surface area contributed by atoms with Gasteiger partial charge in [-0.1, -0.05) is 41.9 Å². The van der Waals surface area contributed by atoms with Gasteiger partial charge in [0.2, 0.25) is 6.29 Å². The quantitative estimate of drug-likeness (QED) is 0.353. The number of ether oxygens (including phenoxy) is 2. The summed E-state index contributed by atoms with van der Waals surface area (Å²) in [5.41, 5.74) is 9.06. The van der Waals surface area contributed by atoms with Crippen molar-refractivity contribution in [3.05, 3.63) is 53.2 Å². The van der Waals surface area contributed by atoms with Crippen LogP contribution >= 0.6 is 11.6 Å². The highest BCUT2D eigenvalue weighted by atomic mass is 35.5. The van der Waals surface area contributed by atoms with E-state index in [1.54, 1.807) is 6.20 Å². The van der Waals surface area contributed by atoms with Crippen molar-refractivity contribution in [2.75, 3.05) is 6.61 Å². The van der Waals surface area contributed by atoms with E-state index in [0.29, 0.717) is 28.2 Å². The summed E-state index contributed by atoms with van der Waals surface area (Å²) in [6.45, 7) is -0.0929. The Morgan fingerprint density at radius 1 is 1.03 bits per heavy atom. The Labute approximate surface area is 177 Å². The van der Waals surface area contributed by atoms with Crippen LogP contribution in [0.15, 0.2) is 42.6 Å². The van der Waals surface area contributed by atoms with Crippen molar-refractivity contribution in [2.24, 2.45) is 5.73 Å². The van der Waals surface area contributed by atoms with Crippen LogP contribution in [0.2, 0.25) is 5.02 Å². The van der Waals surface area contributed by atoms with E-state index in [-0.39, 0.29) is 0 Å². The molecule has 0 spiro atoms. The van der Waals surface area contributed by atoms with E-state index in [0.717, 1.165) is 16.7 Å². The van der Waals surface area contributed by atoms with Gasteiger partial charge in [0.05, 0.1) is 22.5 Å². The first-order valence-corrected chi connectivity index (χ1v) is 9.88. The van der Waals surface area contributed by atoms with Crippen LogP contribution in [0.1, 0.15) is 5.56 Å². The van der Waals surface area contributed by atoms with Crippen LogP contribution in [0.4, 0.5) is 0 Å². The minimum absolute atomic E-state index is 0.305. The van der Waals surface area contributed by atoms with Crippen LogP contribution in [-0.2, 0) is 11.3 Å². The minimum atomic E-state index is -1.53. The molecule has 4 rings (SSSR count). The lowest BCUT2D eigenvalue weighted by Gasteiger charge is -2.39. The minimum Gasteiger partial charge on any atom is -0.460 e. The van der Waals surface area contributed by atoms with Gasteiger partial charge in [-0.15, -0.1) is 0 Å². The number of nitrogens with two attached hydrogens (primary N) is 1. The summed E-state index contributed by atoms with van der Waals surface area (Å²) < 4.78 is 11.2. The molecule has 5 atom stereocenters. The molecule has 0 amide bonds. The lowest BCUT2D eigenvalue weighted by atomic mass is 9.99. The monoisotopic (exact) mass is 434 g/mol. The summed E-state index contributed by atoms with van der Waals surface area (Å²) in [7, 11) is 0. The van der Waals surface area contributed by atoms with Gasteiger partial charge in [-0.2, -0.15) is 0 Å². The van der Waals surface area contributed by atoms with E-state index in [9.17, 15) is 20.4 Å². The number of H-pyrrole nitrogens is 1. The van der Waals surface area contributed by atoms with Crippen LogP contribution in [0, 0.1) is 0 Å². The first-order valence-electron chi connectivity index (χ1n) is 9.50. The number of hydrogen-bond acceptors (Lipinski definition) is 7. The third-order valence-electron chi connectivity index (χ3n) is 5.34. The molecule has 160 valence electrons. The van der Waals surface area contributed by atoms with Crippen molar-refractivity contribution in [3.8, 4) is 16.9 Å². The van der Waals surface area contributed by atoms with E-state index in [1.165, 1.54) is 0 Å². The molecule has 1 aromatic heterocycles. The number of hydrogen-bond donors (Lipinski definition) is 6. The third-order valence-corrected chi connectivity index (χ3v) is 5.73. The first kappa shape index (κ1) is 21.1. The molecule has 3 aromatic rings. The van der Waals surface area contributed by atoms with Crippen molar-refractivity contribution in [3.63, 3.8) is 0 Å². The van der Waals surface area contributed by atoms with Gasteiger partial charge < -0.3 is 40.6 Å². The standard InChI is InChI=1S/C21H23ClN2O6/c22-17-12(11-3-1-10(7-23)2-4-11)5-6-13-16(17)14(8-24-13)29-21-20(28)19(27)18(26)15(9-25)30-21/h1-6,8,15,18-21,24-28H,7,9,23H2. The molecule has 0 saturated carbocycles. The maximum Gasteiger partial charge on any atom is 0.229 e. The van der Waals surface area contributed by atoms with Gasteiger partial charge in [0.25, 0.3) is 0 Å². The molecule has 1 aliphatic rings. The molecule has 0 aliphatic carbocycles. The number of benzene rings is 2. The highest BCUT2D eigenvalue weighted by Gasteiger charge is 2.45. The second-order valence-electron chi connectivity index (χ2n) is 7.22. The molecule has 1 fully saturated rings. The summed E-state index contributed by atoms with van der Waals surface area (Å²) in [6, 6.07) is 11.5. The number of fused-ring (bicyclic) bond motifs is 1. The van der Waals surface area contributed by atoms with E-state index in [2.05, 4.69) is 4.98 Å². The SMILES string of the molecule is NCc1ccc(-c2ccc3[nH]cc(OC4OC(CO)C(O)C(O)C4O)c3c2Cl)cc1. The summed E-state index contributed by atoms with van der Waals surface area (Å²) in [5, 5.41) is 40.5. The van der Waals surface area contributed by atoms with E-state index in [1.807, 2.05) is 36.4 Å². The average molecular weight is 435 g/mol. The van der Waals surface area contributed by atoms with E-state index < -0.39 is 37.3 Å². The molecule has 5 unspecified atom stereocenters. The zero-order valence-electron chi connectivity index (χ0n) is 15.9. The molecule has 2 aromatic carbocycles. The van der Waals surface area contributed by atoms with E-state index in [4.69, 9.17) is 26.8 Å². The predicted molar refractivity (Wildman–Crippen MR) is 111 cm³/mol. The van der Waals surface area contributed by atoms with Crippen LogP contribution in [0.3, 0.4) is 0 Å². The molecular weight excluding hydrogens is 412 g/mol.